The smallest absolute Gasteiger partial charge is 0.220 e. The molecule has 18 heavy (non-hydrogen) atoms. The van der Waals surface area contributed by atoms with Crippen LogP contribution in [0.25, 0.3) is 0 Å². The van der Waals surface area contributed by atoms with Crippen LogP contribution in [0.3, 0.4) is 0 Å². The highest BCUT2D eigenvalue weighted by Gasteiger charge is 2.34. The first-order chi connectivity index (χ1) is 8.57. The van der Waals surface area contributed by atoms with Gasteiger partial charge in [-0.15, -0.1) is 0 Å². The molecule has 0 saturated carbocycles. The molecule has 2 heterocycles. The topological polar surface area (TPSA) is 79.5 Å². The van der Waals surface area contributed by atoms with Crippen molar-refractivity contribution in [3.05, 3.63) is 30.1 Å². The summed E-state index contributed by atoms with van der Waals surface area (Å²) in [6, 6.07) is 3.92. The second-order valence-corrected chi connectivity index (χ2v) is 5.04. The van der Waals surface area contributed by atoms with Gasteiger partial charge in [0.05, 0.1) is 12.0 Å². The number of amides is 1. The normalized spacial score (nSPS) is 24.9. The van der Waals surface area contributed by atoms with Gasteiger partial charge in [-0.2, -0.15) is 0 Å². The van der Waals surface area contributed by atoms with Crippen LogP contribution in [0.5, 0.6) is 0 Å². The number of piperidine rings is 1. The molecular formula is C13H19N3O2. The number of aliphatic hydroxyl groups is 1. The van der Waals surface area contributed by atoms with Crippen LogP contribution in [-0.4, -0.2) is 39.6 Å². The fourth-order valence-corrected chi connectivity index (χ4v) is 2.56. The lowest BCUT2D eigenvalue weighted by Crippen LogP contribution is -2.49. The van der Waals surface area contributed by atoms with Crippen molar-refractivity contribution in [2.24, 2.45) is 5.73 Å². The molecule has 0 aliphatic carbocycles. The van der Waals surface area contributed by atoms with Gasteiger partial charge in [-0.25, -0.2) is 0 Å². The van der Waals surface area contributed by atoms with Crippen LogP contribution in [-0.2, 0) is 11.3 Å². The van der Waals surface area contributed by atoms with Crippen molar-refractivity contribution in [1.29, 1.82) is 0 Å². The molecule has 2 rings (SSSR count). The first kappa shape index (κ1) is 13.0. The largest absolute Gasteiger partial charge is 0.388 e. The maximum absolute atomic E-state index is 11.0. The molecule has 1 atom stereocenters. The molecule has 1 aromatic rings. The number of nitrogens with zero attached hydrogens (tertiary/aromatic N) is 2. The average Bonchev–Trinajstić information content (AvgIpc) is 2.28. The Hall–Kier alpha value is -1.46. The molecule has 3 N–H and O–H groups in total. The lowest BCUT2D eigenvalue weighted by Gasteiger charge is -2.38. The molecule has 5 nitrogen and oxygen atoms in total. The first-order valence-electron chi connectivity index (χ1n) is 6.19. The number of rotatable bonds is 4. The highest BCUT2D eigenvalue weighted by atomic mass is 16.3. The molecule has 0 radical (unpaired) electrons. The van der Waals surface area contributed by atoms with E-state index in [1.54, 1.807) is 12.4 Å². The third kappa shape index (κ3) is 3.51. The van der Waals surface area contributed by atoms with E-state index in [0.29, 0.717) is 13.0 Å². The third-order valence-electron chi connectivity index (χ3n) is 3.29. The predicted molar refractivity (Wildman–Crippen MR) is 67.5 cm³/mol. The number of nitrogens with two attached hydrogens (primary N) is 1. The molecule has 98 valence electrons. The molecule has 1 unspecified atom stereocenters. The molecule has 5 heteroatoms. The second-order valence-electron chi connectivity index (χ2n) is 5.04. The summed E-state index contributed by atoms with van der Waals surface area (Å²) in [4.78, 5) is 17.1. The maximum atomic E-state index is 11.0. The van der Waals surface area contributed by atoms with Gasteiger partial charge in [0.15, 0.2) is 0 Å². The van der Waals surface area contributed by atoms with E-state index < -0.39 is 11.5 Å². The van der Waals surface area contributed by atoms with Crippen LogP contribution in [0.1, 0.15) is 24.8 Å². The fourth-order valence-electron chi connectivity index (χ4n) is 2.56. The Balaban J connectivity index is 1.96. The molecule has 0 spiro atoms. The Labute approximate surface area is 107 Å². The van der Waals surface area contributed by atoms with Crippen LogP contribution in [0.15, 0.2) is 24.5 Å². The Morgan fingerprint density at radius 3 is 2.89 bits per heavy atom. The van der Waals surface area contributed by atoms with E-state index in [2.05, 4.69) is 9.88 Å². The van der Waals surface area contributed by atoms with Gasteiger partial charge in [0, 0.05) is 25.5 Å². The summed E-state index contributed by atoms with van der Waals surface area (Å²) >= 11 is 0. The molecule has 0 aromatic carbocycles. The average molecular weight is 249 g/mol. The summed E-state index contributed by atoms with van der Waals surface area (Å²) in [5.74, 6) is -0.441. The van der Waals surface area contributed by atoms with Crippen LogP contribution in [0.2, 0.25) is 0 Å². The fraction of sp³-hybridized carbons (Fsp3) is 0.538. The van der Waals surface area contributed by atoms with Crippen LogP contribution < -0.4 is 5.73 Å². The minimum absolute atomic E-state index is 0.0415. The minimum atomic E-state index is -0.961. The zero-order valence-corrected chi connectivity index (χ0v) is 10.4. The van der Waals surface area contributed by atoms with Gasteiger partial charge in [-0.1, -0.05) is 0 Å². The van der Waals surface area contributed by atoms with Gasteiger partial charge in [-0.3, -0.25) is 14.7 Å². The van der Waals surface area contributed by atoms with Crippen LogP contribution in [0, 0.1) is 0 Å². The van der Waals surface area contributed by atoms with Gasteiger partial charge in [0.1, 0.15) is 0 Å². The first-order valence-corrected chi connectivity index (χ1v) is 6.19. The minimum Gasteiger partial charge on any atom is -0.388 e. The van der Waals surface area contributed by atoms with E-state index in [9.17, 15) is 9.90 Å². The number of carbonyl (C=O) groups is 1. The van der Waals surface area contributed by atoms with Crippen molar-refractivity contribution in [1.82, 2.24) is 9.88 Å². The molecule has 1 aliphatic heterocycles. The quantitative estimate of drug-likeness (QED) is 0.803. The van der Waals surface area contributed by atoms with Crippen LogP contribution >= 0.6 is 0 Å². The van der Waals surface area contributed by atoms with Gasteiger partial charge in [0.25, 0.3) is 0 Å². The predicted octanol–water partition coefficient (Wildman–Crippen LogP) is 0.284. The van der Waals surface area contributed by atoms with Crippen molar-refractivity contribution in [2.45, 2.75) is 31.4 Å². The van der Waals surface area contributed by atoms with Gasteiger partial charge in [0.2, 0.25) is 5.91 Å². The Morgan fingerprint density at radius 1 is 1.50 bits per heavy atom. The molecule has 1 fully saturated rings. The zero-order valence-electron chi connectivity index (χ0n) is 10.4. The molecule has 1 aromatic heterocycles. The summed E-state index contributed by atoms with van der Waals surface area (Å²) in [6.07, 6.45) is 5.08. The number of hydrogen-bond donors (Lipinski definition) is 2. The standard InChI is InChI=1S/C13H19N3O2/c14-12(17)8-13(18)4-1-7-16(10-13)9-11-2-5-15-6-3-11/h2-3,5-6,18H,1,4,7-10H2,(H2,14,17). The van der Waals surface area contributed by atoms with Gasteiger partial charge in [-0.05, 0) is 37.1 Å². The third-order valence-corrected chi connectivity index (χ3v) is 3.29. The number of pyridine rings is 1. The maximum Gasteiger partial charge on any atom is 0.220 e. The highest BCUT2D eigenvalue weighted by molar-refractivity contribution is 5.75. The SMILES string of the molecule is NC(=O)CC1(O)CCCN(Cc2ccncc2)C1. The Kier molecular flexibility index (Phi) is 3.93. The summed E-state index contributed by atoms with van der Waals surface area (Å²) in [5.41, 5.74) is 5.38. The number of hydrogen-bond acceptors (Lipinski definition) is 4. The van der Waals surface area contributed by atoms with Crippen molar-refractivity contribution >= 4 is 5.91 Å². The van der Waals surface area contributed by atoms with Gasteiger partial charge < -0.3 is 10.8 Å². The summed E-state index contributed by atoms with van der Waals surface area (Å²) in [7, 11) is 0. The summed E-state index contributed by atoms with van der Waals surface area (Å²) in [6.45, 7) is 2.20. The summed E-state index contributed by atoms with van der Waals surface area (Å²) < 4.78 is 0. The van der Waals surface area contributed by atoms with Gasteiger partial charge >= 0.3 is 0 Å². The molecule has 0 bridgehead atoms. The second kappa shape index (κ2) is 5.46. The van der Waals surface area contributed by atoms with Crippen molar-refractivity contribution in [3.63, 3.8) is 0 Å². The number of aromatic nitrogens is 1. The van der Waals surface area contributed by atoms with Crippen molar-refractivity contribution < 1.29 is 9.90 Å². The van der Waals surface area contributed by atoms with E-state index >= 15 is 0 Å². The number of carbonyl (C=O) groups excluding carboxylic acids is 1. The lowest BCUT2D eigenvalue weighted by molar-refractivity contribution is -0.125. The van der Waals surface area contributed by atoms with E-state index in [4.69, 9.17) is 5.73 Å². The number of primary amides is 1. The molecular weight excluding hydrogens is 230 g/mol. The van der Waals surface area contributed by atoms with E-state index in [-0.39, 0.29) is 6.42 Å². The van der Waals surface area contributed by atoms with E-state index in [1.165, 1.54) is 0 Å². The van der Waals surface area contributed by atoms with Crippen LogP contribution in [0.4, 0.5) is 0 Å². The Morgan fingerprint density at radius 2 is 2.22 bits per heavy atom. The molecule has 1 aliphatic rings. The summed E-state index contributed by atoms with van der Waals surface area (Å²) in [5, 5.41) is 10.3. The number of likely N-dealkylation sites (tertiary alicyclic amines) is 1. The molecule has 1 amide bonds. The van der Waals surface area contributed by atoms with Crippen molar-refractivity contribution in [2.75, 3.05) is 13.1 Å². The molecule has 1 saturated heterocycles. The van der Waals surface area contributed by atoms with Crippen molar-refractivity contribution in [3.8, 4) is 0 Å². The highest BCUT2D eigenvalue weighted by Crippen LogP contribution is 2.25. The van der Waals surface area contributed by atoms with E-state index in [0.717, 1.165) is 25.1 Å². The van der Waals surface area contributed by atoms with E-state index in [1.807, 2.05) is 12.1 Å². The monoisotopic (exact) mass is 249 g/mol. The number of β-amino-alcohol motifs (C(OH)–C–C–N with tert-alkyl or cyclic N) is 1. The lowest BCUT2D eigenvalue weighted by atomic mass is 9.89. The Bertz CT molecular complexity index is 410. The zero-order chi connectivity index (χ0) is 13.0.